The van der Waals surface area contributed by atoms with Crippen molar-refractivity contribution in [3.63, 3.8) is 0 Å². The number of aromatic nitrogens is 2. The molecule has 1 amide bonds. The molecule has 1 aromatic carbocycles. The van der Waals surface area contributed by atoms with Crippen LogP contribution in [0, 0.1) is 0 Å². The number of methoxy groups -OCH3 is 2. The molecule has 25 heavy (non-hydrogen) atoms. The highest BCUT2D eigenvalue weighted by atomic mass is 16.5. The monoisotopic (exact) mass is 339 g/mol. The molecule has 0 saturated heterocycles. The number of amides is 1. The average molecular weight is 339 g/mol. The van der Waals surface area contributed by atoms with Crippen molar-refractivity contribution in [3.05, 3.63) is 60.0 Å². The van der Waals surface area contributed by atoms with Crippen LogP contribution in [-0.4, -0.2) is 41.0 Å². The molecule has 2 aromatic heterocycles. The highest BCUT2D eigenvalue weighted by Crippen LogP contribution is 2.24. The normalized spacial score (nSPS) is 10.7. The molecule has 6 heteroatoms. The molecule has 0 aliphatic carbocycles. The summed E-state index contributed by atoms with van der Waals surface area (Å²) in [5.41, 5.74) is 2.36. The van der Waals surface area contributed by atoms with Gasteiger partial charge in [0.2, 0.25) is 0 Å². The van der Waals surface area contributed by atoms with Gasteiger partial charge in [0.25, 0.3) is 5.91 Å². The first kappa shape index (κ1) is 16.8. The minimum atomic E-state index is -0.0782. The number of pyridine rings is 1. The summed E-state index contributed by atoms with van der Waals surface area (Å²) in [6.07, 6.45) is 3.75. The second-order valence-electron chi connectivity index (χ2n) is 5.60. The van der Waals surface area contributed by atoms with Gasteiger partial charge in [-0.25, -0.2) is 4.98 Å². The minimum Gasteiger partial charge on any atom is -0.497 e. The molecule has 0 spiro atoms. The third kappa shape index (κ3) is 3.42. The number of carbonyl (C=O) groups excluding carboxylic acids is 1. The van der Waals surface area contributed by atoms with Crippen LogP contribution >= 0.6 is 0 Å². The largest absolute Gasteiger partial charge is 0.497 e. The summed E-state index contributed by atoms with van der Waals surface area (Å²) >= 11 is 0. The molecule has 0 N–H and O–H groups in total. The number of imidazole rings is 1. The number of benzene rings is 1. The SMILES string of the molecule is CCN(Cc1cnc2ccccn12)C(=O)c1cc(OC)cc(OC)c1. The number of nitrogens with zero attached hydrogens (tertiary/aromatic N) is 3. The predicted molar refractivity (Wildman–Crippen MR) is 95.2 cm³/mol. The maximum absolute atomic E-state index is 13.0. The third-order valence-electron chi connectivity index (χ3n) is 4.11. The van der Waals surface area contributed by atoms with Crippen LogP contribution in [0.2, 0.25) is 0 Å². The Bertz CT molecular complexity index is 866. The summed E-state index contributed by atoms with van der Waals surface area (Å²) in [6.45, 7) is 3.01. The van der Waals surface area contributed by atoms with Crippen molar-refractivity contribution in [1.29, 1.82) is 0 Å². The Labute approximate surface area is 146 Å². The Kier molecular flexibility index (Phi) is 4.88. The Morgan fingerprint density at radius 1 is 1.16 bits per heavy atom. The fourth-order valence-corrected chi connectivity index (χ4v) is 2.74. The molecule has 0 fully saturated rings. The maximum atomic E-state index is 13.0. The molecule has 6 nitrogen and oxygen atoms in total. The summed E-state index contributed by atoms with van der Waals surface area (Å²) in [5, 5.41) is 0. The van der Waals surface area contributed by atoms with Crippen LogP contribution in [0.15, 0.2) is 48.8 Å². The zero-order chi connectivity index (χ0) is 17.8. The van der Waals surface area contributed by atoms with Gasteiger partial charge in [-0.3, -0.25) is 4.79 Å². The van der Waals surface area contributed by atoms with Crippen molar-refractivity contribution in [3.8, 4) is 11.5 Å². The molecular formula is C19H21N3O3. The van der Waals surface area contributed by atoms with E-state index in [1.807, 2.05) is 35.7 Å². The maximum Gasteiger partial charge on any atom is 0.254 e. The minimum absolute atomic E-state index is 0.0782. The first-order valence-electron chi connectivity index (χ1n) is 8.09. The van der Waals surface area contributed by atoms with Crippen LogP contribution in [0.5, 0.6) is 11.5 Å². The molecule has 3 rings (SSSR count). The van der Waals surface area contributed by atoms with Gasteiger partial charge in [-0.1, -0.05) is 6.07 Å². The van der Waals surface area contributed by atoms with Gasteiger partial charge in [0.05, 0.1) is 32.7 Å². The Hall–Kier alpha value is -3.02. The lowest BCUT2D eigenvalue weighted by Crippen LogP contribution is -2.30. The van der Waals surface area contributed by atoms with E-state index in [9.17, 15) is 4.79 Å². The van der Waals surface area contributed by atoms with Crippen molar-refractivity contribution in [2.24, 2.45) is 0 Å². The molecule has 130 valence electrons. The third-order valence-corrected chi connectivity index (χ3v) is 4.11. The van der Waals surface area contributed by atoms with Gasteiger partial charge in [-0.15, -0.1) is 0 Å². The molecule has 0 atom stereocenters. The summed E-state index contributed by atoms with van der Waals surface area (Å²) < 4.78 is 12.5. The van der Waals surface area contributed by atoms with Gasteiger partial charge in [0.1, 0.15) is 17.1 Å². The van der Waals surface area contributed by atoms with Crippen LogP contribution < -0.4 is 9.47 Å². The summed E-state index contributed by atoms with van der Waals surface area (Å²) in [4.78, 5) is 19.1. The Balaban J connectivity index is 1.89. The lowest BCUT2D eigenvalue weighted by molar-refractivity contribution is 0.0749. The van der Waals surface area contributed by atoms with E-state index < -0.39 is 0 Å². The molecule has 0 saturated carbocycles. The highest BCUT2D eigenvalue weighted by molar-refractivity contribution is 5.95. The molecule has 0 aliphatic rings. The fourth-order valence-electron chi connectivity index (χ4n) is 2.74. The Morgan fingerprint density at radius 3 is 2.52 bits per heavy atom. The molecular weight excluding hydrogens is 318 g/mol. The lowest BCUT2D eigenvalue weighted by Gasteiger charge is -2.21. The molecule has 2 heterocycles. The molecule has 0 unspecified atom stereocenters. The smallest absolute Gasteiger partial charge is 0.254 e. The van der Waals surface area contributed by atoms with E-state index in [1.54, 1.807) is 43.5 Å². The zero-order valence-corrected chi connectivity index (χ0v) is 14.6. The van der Waals surface area contributed by atoms with Crippen molar-refractivity contribution in [1.82, 2.24) is 14.3 Å². The number of hydrogen-bond donors (Lipinski definition) is 0. The predicted octanol–water partition coefficient (Wildman–Crippen LogP) is 3.01. The van der Waals surface area contributed by atoms with Gasteiger partial charge < -0.3 is 18.8 Å². The standard InChI is InChI=1S/C19H21N3O3/c1-4-21(13-15-12-20-18-7-5-6-8-22(15)18)19(23)14-9-16(24-2)11-17(10-14)25-3/h5-12H,4,13H2,1-3H3. The van der Waals surface area contributed by atoms with Crippen LogP contribution in [-0.2, 0) is 6.54 Å². The number of carbonyl (C=O) groups is 1. The topological polar surface area (TPSA) is 56.1 Å². The van der Waals surface area contributed by atoms with E-state index in [-0.39, 0.29) is 5.91 Å². The van der Waals surface area contributed by atoms with Gasteiger partial charge in [0.15, 0.2) is 0 Å². The molecule has 0 aliphatic heterocycles. The van der Waals surface area contributed by atoms with Crippen molar-refractivity contribution in [2.75, 3.05) is 20.8 Å². The first-order chi connectivity index (χ1) is 12.2. The number of ether oxygens (including phenoxy) is 2. The quantitative estimate of drug-likeness (QED) is 0.693. The Morgan fingerprint density at radius 2 is 1.88 bits per heavy atom. The van der Waals surface area contributed by atoms with E-state index in [0.29, 0.717) is 30.2 Å². The molecule has 0 bridgehead atoms. The summed E-state index contributed by atoms with van der Waals surface area (Å²) in [6, 6.07) is 11.0. The van der Waals surface area contributed by atoms with Crippen molar-refractivity contribution >= 4 is 11.6 Å². The number of fused-ring (bicyclic) bond motifs is 1. The van der Waals surface area contributed by atoms with Crippen LogP contribution in [0.4, 0.5) is 0 Å². The van der Waals surface area contributed by atoms with E-state index in [2.05, 4.69) is 4.98 Å². The van der Waals surface area contributed by atoms with E-state index in [4.69, 9.17) is 9.47 Å². The fraction of sp³-hybridized carbons (Fsp3) is 0.263. The van der Waals surface area contributed by atoms with Gasteiger partial charge in [-0.2, -0.15) is 0 Å². The average Bonchev–Trinajstić information content (AvgIpc) is 3.08. The first-order valence-corrected chi connectivity index (χ1v) is 8.09. The van der Waals surface area contributed by atoms with Crippen LogP contribution in [0.3, 0.4) is 0 Å². The van der Waals surface area contributed by atoms with Crippen LogP contribution in [0.25, 0.3) is 5.65 Å². The van der Waals surface area contributed by atoms with Gasteiger partial charge >= 0.3 is 0 Å². The van der Waals surface area contributed by atoms with E-state index in [1.165, 1.54) is 0 Å². The van der Waals surface area contributed by atoms with Crippen molar-refractivity contribution < 1.29 is 14.3 Å². The summed E-state index contributed by atoms with van der Waals surface area (Å²) in [5.74, 6) is 1.10. The zero-order valence-electron chi connectivity index (χ0n) is 14.6. The lowest BCUT2D eigenvalue weighted by atomic mass is 10.1. The highest BCUT2D eigenvalue weighted by Gasteiger charge is 2.18. The van der Waals surface area contributed by atoms with Crippen LogP contribution in [0.1, 0.15) is 23.0 Å². The van der Waals surface area contributed by atoms with E-state index >= 15 is 0 Å². The van der Waals surface area contributed by atoms with E-state index in [0.717, 1.165) is 11.3 Å². The molecule has 3 aromatic rings. The van der Waals surface area contributed by atoms with Crippen molar-refractivity contribution in [2.45, 2.75) is 13.5 Å². The van der Waals surface area contributed by atoms with Gasteiger partial charge in [0, 0.05) is 24.4 Å². The molecule has 0 radical (unpaired) electrons. The number of hydrogen-bond acceptors (Lipinski definition) is 4. The number of rotatable bonds is 6. The van der Waals surface area contributed by atoms with Gasteiger partial charge in [-0.05, 0) is 31.2 Å². The second kappa shape index (κ2) is 7.25. The second-order valence-corrected chi connectivity index (χ2v) is 5.60. The summed E-state index contributed by atoms with van der Waals surface area (Å²) in [7, 11) is 3.14.